The Morgan fingerprint density at radius 2 is 2.43 bits per heavy atom. The van der Waals surface area contributed by atoms with Crippen LogP contribution in [0.25, 0.3) is 0 Å². The van der Waals surface area contributed by atoms with Crippen molar-refractivity contribution in [1.82, 2.24) is 15.1 Å². The summed E-state index contributed by atoms with van der Waals surface area (Å²) in [6, 6.07) is 1.82. The summed E-state index contributed by atoms with van der Waals surface area (Å²) in [5.41, 5.74) is 6.55. The number of carbonyl (C=O) groups is 1. The zero-order valence-corrected chi connectivity index (χ0v) is 8.58. The first-order valence-corrected chi connectivity index (χ1v) is 4.64. The molecule has 0 aliphatic carbocycles. The van der Waals surface area contributed by atoms with Gasteiger partial charge in [0.25, 0.3) is 0 Å². The van der Waals surface area contributed by atoms with Crippen molar-refractivity contribution in [3.63, 3.8) is 0 Å². The van der Waals surface area contributed by atoms with E-state index < -0.39 is 0 Å². The maximum Gasteiger partial charge on any atom is 0.219 e. The van der Waals surface area contributed by atoms with Crippen molar-refractivity contribution in [2.24, 2.45) is 0 Å². The standard InChI is InChI=1S/C9H16N4O/c1-7-6-8(10)12-13(7)5-3-4-9(14)11-2/h6H,3-5H2,1-2H3,(H2,10,12)(H,11,14). The minimum absolute atomic E-state index is 0.0581. The van der Waals surface area contributed by atoms with E-state index in [1.807, 2.05) is 17.7 Å². The number of nitrogens with one attached hydrogen (secondary N) is 1. The number of amides is 1. The zero-order valence-electron chi connectivity index (χ0n) is 8.58. The van der Waals surface area contributed by atoms with Crippen LogP contribution in [0, 0.1) is 6.92 Å². The Morgan fingerprint density at radius 3 is 2.93 bits per heavy atom. The van der Waals surface area contributed by atoms with E-state index in [1.165, 1.54) is 0 Å². The van der Waals surface area contributed by atoms with Crippen molar-refractivity contribution < 1.29 is 4.79 Å². The maximum atomic E-state index is 10.9. The number of carbonyl (C=O) groups excluding carboxylic acids is 1. The zero-order chi connectivity index (χ0) is 10.6. The molecule has 1 aromatic heterocycles. The Morgan fingerprint density at radius 1 is 1.71 bits per heavy atom. The summed E-state index contributed by atoms with van der Waals surface area (Å²) in [4.78, 5) is 10.9. The Kier molecular flexibility index (Phi) is 3.50. The molecular weight excluding hydrogens is 180 g/mol. The molecule has 1 amide bonds. The molecule has 14 heavy (non-hydrogen) atoms. The van der Waals surface area contributed by atoms with Crippen LogP contribution in [0.15, 0.2) is 6.07 Å². The molecule has 1 aromatic rings. The SMILES string of the molecule is CNC(=O)CCCn1nc(N)cc1C. The van der Waals surface area contributed by atoms with Gasteiger partial charge in [-0.2, -0.15) is 5.10 Å². The summed E-state index contributed by atoms with van der Waals surface area (Å²) in [6.07, 6.45) is 1.30. The molecule has 0 atom stereocenters. The highest BCUT2D eigenvalue weighted by atomic mass is 16.1. The number of nitrogens with zero attached hydrogens (tertiary/aromatic N) is 2. The van der Waals surface area contributed by atoms with Crippen LogP contribution < -0.4 is 11.1 Å². The highest BCUT2D eigenvalue weighted by molar-refractivity contribution is 5.75. The van der Waals surface area contributed by atoms with Gasteiger partial charge in [-0.25, -0.2) is 0 Å². The third kappa shape index (κ3) is 2.76. The van der Waals surface area contributed by atoms with Crippen molar-refractivity contribution in [3.05, 3.63) is 11.8 Å². The van der Waals surface area contributed by atoms with Gasteiger partial charge in [-0.1, -0.05) is 0 Å². The first kappa shape index (κ1) is 10.6. The highest BCUT2D eigenvalue weighted by Crippen LogP contribution is 2.05. The lowest BCUT2D eigenvalue weighted by Crippen LogP contribution is -2.18. The molecule has 5 heteroatoms. The van der Waals surface area contributed by atoms with E-state index in [0.29, 0.717) is 12.2 Å². The van der Waals surface area contributed by atoms with Crippen molar-refractivity contribution in [2.45, 2.75) is 26.3 Å². The Hall–Kier alpha value is -1.52. The van der Waals surface area contributed by atoms with Crippen LogP contribution in [0.2, 0.25) is 0 Å². The summed E-state index contributed by atoms with van der Waals surface area (Å²) in [7, 11) is 1.64. The van der Waals surface area contributed by atoms with Gasteiger partial charge >= 0.3 is 0 Å². The third-order valence-corrected chi connectivity index (χ3v) is 2.05. The molecule has 0 saturated heterocycles. The highest BCUT2D eigenvalue weighted by Gasteiger charge is 2.02. The molecule has 0 radical (unpaired) electrons. The summed E-state index contributed by atoms with van der Waals surface area (Å²) in [6.45, 7) is 2.68. The van der Waals surface area contributed by atoms with E-state index in [-0.39, 0.29) is 5.91 Å². The number of hydrogen-bond acceptors (Lipinski definition) is 3. The molecule has 0 aliphatic rings. The van der Waals surface area contributed by atoms with Gasteiger partial charge in [0.1, 0.15) is 5.82 Å². The van der Waals surface area contributed by atoms with Crippen molar-refractivity contribution in [3.8, 4) is 0 Å². The van der Waals surface area contributed by atoms with Gasteiger partial charge in [-0.3, -0.25) is 9.48 Å². The summed E-state index contributed by atoms with van der Waals surface area (Å²) < 4.78 is 1.82. The molecule has 0 aromatic carbocycles. The normalized spacial score (nSPS) is 10.1. The lowest BCUT2D eigenvalue weighted by atomic mass is 10.3. The quantitative estimate of drug-likeness (QED) is 0.727. The van der Waals surface area contributed by atoms with Gasteiger partial charge in [0, 0.05) is 31.8 Å². The van der Waals surface area contributed by atoms with Gasteiger partial charge in [0.15, 0.2) is 0 Å². The van der Waals surface area contributed by atoms with E-state index >= 15 is 0 Å². The molecule has 0 spiro atoms. The van der Waals surface area contributed by atoms with Gasteiger partial charge in [-0.15, -0.1) is 0 Å². The molecule has 0 saturated carbocycles. The summed E-state index contributed by atoms with van der Waals surface area (Å²) in [5, 5.41) is 6.67. The molecular formula is C9H16N4O. The van der Waals surface area contributed by atoms with Crippen LogP contribution in [-0.2, 0) is 11.3 Å². The maximum absolute atomic E-state index is 10.9. The molecule has 5 nitrogen and oxygen atoms in total. The van der Waals surface area contributed by atoms with Gasteiger partial charge in [0.05, 0.1) is 0 Å². The fourth-order valence-electron chi connectivity index (χ4n) is 1.28. The predicted molar refractivity (Wildman–Crippen MR) is 54.7 cm³/mol. The number of nitrogen functional groups attached to an aromatic ring is 1. The third-order valence-electron chi connectivity index (χ3n) is 2.05. The lowest BCUT2D eigenvalue weighted by Gasteiger charge is -2.03. The fraction of sp³-hybridized carbons (Fsp3) is 0.556. The molecule has 78 valence electrons. The second-order valence-corrected chi connectivity index (χ2v) is 3.21. The average Bonchev–Trinajstić information content (AvgIpc) is 2.45. The monoisotopic (exact) mass is 196 g/mol. The number of aromatic nitrogens is 2. The minimum Gasteiger partial charge on any atom is -0.382 e. The summed E-state index contributed by atoms with van der Waals surface area (Å²) >= 11 is 0. The van der Waals surface area contributed by atoms with E-state index in [9.17, 15) is 4.79 Å². The summed E-state index contributed by atoms with van der Waals surface area (Å²) in [5.74, 6) is 0.588. The average molecular weight is 196 g/mol. The van der Waals surface area contributed by atoms with Crippen LogP contribution in [0.3, 0.4) is 0 Å². The van der Waals surface area contributed by atoms with Crippen LogP contribution >= 0.6 is 0 Å². The van der Waals surface area contributed by atoms with Crippen molar-refractivity contribution in [2.75, 3.05) is 12.8 Å². The Bertz CT molecular complexity index is 319. The van der Waals surface area contributed by atoms with Crippen molar-refractivity contribution >= 4 is 11.7 Å². The van der Waals surface area contributed by atoms with E-state index in [2.05, 4.69) is 10.4 Å². The van der Waals surface area contributed by atoms with E-state index in [1.54, 1.807) is 7.05 Å². The molecule has 1 rings (SSSR count). The largest absolute Gasteiger partial charge is 0.382 e. The molecule has 3 N–H and O–H groups in total. The van der Waals surface area contributed by atoms with Crippen LogP contribution in [0.4, 0.5) is 5.82 Å². The molecule has 0 bridgehead atoms. The fourth-order valence-corrected chi connectivity index (χ4v) is 1.28. The Balaban J connectivity index is 2.38. The molecule has 0 unspecified atom stereocenters. The predicted octanol–water partition coefficient (Wildman–Crippen LogP) is 0.300. The van der Waals surface area contributed by atoms with Gasteiger partial charge in [-0.05, 0) is 13.3 Å². The molecule has 0 fully saturated rings. The van der Waals surface area contributed by atoms with Crippen LogP contribution in [0.5, 0.6) is 0 Å². The number of anilines is 1. The van der Waals surface area contributed by atoms with Crippen molar-refractivity contribution in [1.29, 1.82) is 0 Å². The molecule has 0 aliphatic heterocycles. The van der Waals surface area contributed by atoms with Gasteiger partial charge in [0.2, 0.25) is 5.91 Å². The number of hydrogen-bond donors (Lipinski definition) is 2. The number of nitrogens with two attached hydrogens (primary N) is 1. The number of rotatable bonds is 4. The first-order valence-electron chi connectivity index (χ1n) is 4.64. The lowest BCUT2D eigenvalue weighted by molar-refractivity contribution is -0.120. The second kappa shape index (κ2) is 4.64. The van der Waals surface area contributed by atoms with E-state index in [4.69, 9.17) is 5.73 Å². The Labute approximate surface area is 83.3 Å². The minimum atomic E-state index is 0.0581. The van der Waals surface area contributed by atoms with Gasteiger partial charge < -0.3 is 11.1 Å². The topological polar surface area (TPSA) is 72.9 Å². The van der Waals surface area contributed by atoms with Crippen LogP contribution in [0.1, 0.15) is 18.5 Å². The van der Waals surface area contributed by atoms with Crippen LogP contribution in [-0.4, -0.2) is 22.7 Å². The molecule has 1 heterocycles. The number of aryl methyl sites for hydroxylation is 2. The second-order valence-electron chi connectivity index (χ2n) is 3.21. The smallest absolute Gasteiger partial charge is 0.219 e. The van der Waals surface area contributed by atoms with E-state index in [0.717, 1.165) is 18.7 Å². The first-order chi connectivity index (χ1) is 6.63.